The van der Waals surface area contributed by atoms with Crippen molar-refractivity contribution in [2.45, 2.75) is 52.0 Å². The van der Waals surface area contributed by atoms with Gasteiger partial charge >= 0.3 is 0 Å². The molecule has 0 aliphatic heterocycles. The summed E-state index contributed by atoms with van der Waals surface area (Å²) in [5.41, 5.74) is 1.29. The summed E-state index contributed by atoms with van der Waals surface area (Å²) in [5.74, 6) is 1.66. The summed E-state index contributed by atoms with van der Waals surface area (Å²) < 4.78 is 6.31. The van der Waals surface area contributed by atoms with Crippen LogP contribution in [0.5, 0.6) is 0 Å². The van der Waals surface area contributed by atoms with Crippen LogP contribution in [0.4, 0.5) is 0 Å². The molecule has 1 aromatic heterocycles. The van der Waals surface area contributed by atoms with E-state index in [0.29, 0.717) is 6.04 Å². The van der Waals surface area contributed by atoms with Crippen molar-refractivity contribution in [1.29, 1.82) is 0 Å². The molecular weight excluding hydrogens is 290 g/mol. The van der Waals surface area contributed by atoms with Crippen molar-refractivity contribution in [3.8, 4) is 0 Å². The quantitative estimate of drug-likeness (QED) is 0.835. The Labute approximate surface area is 119 Å². The fraction of sp³-hybridized carbons (Fsp3) is 0.733. The number of halogens is 1. The Morgan fingerprint density at radius 3 is 2.89 bits per heavy atom. The van der Waals surface area contributed by atoms with Gasteiger partial charge in [0.2, 0.25) is 0 Å². The van der Waals surface area contributed by atoms with E-state index in [1.165, 1.54) is 37.7 Å². The zero-order valence-corrected chi connectivity index (χ0v) is 13.0. The van der Waals surface area contributed by atoms with Crippen LogP contribution in [-0.2, 0) is 0 Å². The highest BCUT2D eigenvalue weighted by atomic mass is 79.9. The molecule has 1 N–H and O–H groups in total. The Morgan fingerprint density at radius 2 is 2.28 bits per heavy atom. The number of nitrogens with one attached hydrogen (secondary N) is 1. The van der Waals surface area contributed by atoms with E-state index in [4.69, 9.17) is 4.42 Å². The van der Waals surface area contributed by atoms with Gasteiger partial charge in [0.1, 0.15) is 0 Å². The van der Waals surface area contributed by atoms with Crippen LogP contribution in [0.1, 0.15) is 57.6 Å². The molecule has 1 aliphatic rings. The molecule has 0 amide bonds. The molecular formula is C15H24BrNO. The third-order valence-electron chi connectivity index (χ3n) is 4.28. The minimum Gasteiger partial charge on any atom is -0.457 e. The van der Waals surface area contributed by atoms with Crippen molar-refractivity contribution >= 4 is 15.9 Å². The first-order valence-electron chi connectivity index (χ1n) is 7.22. The fourth-order valence-electron chi connectivity index (χ4n) is 3.28. The summed E-state index contributed by atoms with van der Waals surface area (Å²) in [6.45, 7) is 5.51. The minimum absolute atomic E-state index is 0.442. The van der Waals surface area contributed by atoms with Crippen LogP contribution in [-0.4, -0.2) is 6.54 Å². The number of furan rings is 1. The molecule has 3 heteroatoms. The molecule has 0 aromatic carbocycles. The Hall–Kier alpha value is -0.280. The van der Waals surface area contributed by atoms with Gasteiger partial charge in [-0.1, -0.05) is 33.1 Å². The Balaban J connectivity index is 2.12. The molecule has 18 heavy (non-hydrogen) atoms. The van der Waals surface area contributed by atoms with Crippen LogP contribution in [0.25, 0.3) is 0 Å². The van der Waals surface area contributed by atoms with Crippen molar-refractivity contribution in [3.05, 3.63) is 22.6 Å². The van der Waals surface area contributed by atoms with E-state index in [1.807, 2.05) is 0 Å². The maximum Gasteiger partial charge on any atom is 0.173 e. The summed E-state index contributed by atoms with van der Waals surface area (Å²) in [6.07, 6.45) is 8.59. The Bertz CT molecular complexity index is 363. The maximum atomic E-state index is 5.41. The summed E-state index contributed by atoms with van der Waals surface area (Å²) in [4.78, 5) is 0. The van der Waals surface area contributed by atoms with Crippen LogP contribution < -0.4 is 5.32 Å². The van der Waals surface area contributed by atoms with Crippen LogP contribution in [0.3, 0.4) is 0 Å². The molecule has 0 bridgehead atoms. The second kappa shape index (κ2) is 6.76. The first-order chi connectivity index (χ1) is 8.76. The van der Waals surface area contributed by atoms with Crippen LogP contribution in [0, 0.1) is 11.8 Å². The van der Waals surface area contributed by atoms with Crippen LogP contribution >= 0.6 is 15.9 Å². The van der Waals surface area contributed by atoms with Crippen molar-refractivity contribution in [1.82, 2.24) is 5.32 Å². The lowest BCUT2D eigenvalue weighted by Crippen LogP contribution is -2.31. The average molecular weight is 314 g/mol. The lowest BCUT2D eigenvalue weighted by atomic mass is 9.75. The van der Waals surface area contributed by atoms with Crippen molar-refractivity contribution in [2.75, 3.05) is 6.54 Å². The molecule has 1 saturated carbocycles. The smallest absolute Gasteiger partial charge is 0.173 e. The number of rotatable bonds is 5. The minimum atomic E-state index is 0.442. The van der Waals surface area contributed by atoms with E-state index in [2.05, 4.69) is 41.2 Å². The van der Waals surface area contributed by atoms with Gasteiger partial charge in [-0.15, -0.1) is 0 Å². The summed E-state index contributed by atoms with van der Waals surface area (Å²) >= 11 is 3.53. The highest BCUT2D eigenvalue weighted by Gasteiger charge is 2.30. The summed E-state index contributed by atoms with van der Waals surface area (Å²) in [5, 5.41) is 3.65. The van der Waals surface area contributed by atoms with Gasteiger partial charge in [-0.25, -0.2) is 0 Å². The summed E-state index contributed by atoms with van der Waals surface area (Å²) in [7, 11) is 0. The SMILES string of the molecule is CCNC(c1ccoc1Br)C1CCCC(CC)C1. The van der Waals surface area contributed by atoms with E-state index >= 15 is 0 Å². The Kier molecular flexibility index (Phi) is 5.31. The molecule has 102 valence electrons. The third-order valence-corrected chi connectivity index (χ3v) is 4.92. The zero-order chi connectivity index (χ0) is 13.0. The van der Waals surface area contributed by atoms with Gasteiger partial charge in [-0.3, -0.25) is 0 Å². The predicted molar refractivity (Wildman–Crippen MR) is 78.6 cm³/mol. The average Bonchev–Trinajstić information content (AvgIpc) is 2.82. The third kappa shape index (κ3) is 3.18. The van der Waals surface area contributed by atoms with E-state index in [0.717, 1.165) is 23.1 Å². The molecule has 1 heterocycles. The van der Waals surface area contributed by atoms with Gasteiger partial charge < -0.3 is 9.73 Å². The molecule has 1 fully saturated rings. The van der Waals surface area contributed by atoms with Crippen LogP contribution in [0.2, 0.25) is 0 Å². The molecule has 2 rings (SSSR count). The first kappa shape index (κ1) is 14.1. The second-order valence-electron chi connectivity index (χ2n) is 5.39. The molecule has 1 aliphatic carbocycles. The molecule has 0 saturated heterocycles. The van der Waals surface area contributed by atoms with Gasteiger partial charge in [-0.05, 0) is 53.2 Å². The monoisotopic (exact) mass is 313 g/mol. The highest BCUT2D eigenvalue weighted by molar-refractivity contribution is 9.10. The molecule has 2 nitrogen and oxygen atoms in total. The number of hydrogen-bond donors (Lipinski definition) is 1. The van der Waals surface area contributed by atoms with Crippen molar-refractivity contribution < 1.29 is 4.42 Å². The Morgan fingerprint density at radius 1 is 1.44 bits per heavy atom. The molecule has 3 unspecified atom stereocenters. The maximum absolute atomic E-state index is 5.41. The standard InChI is InChI=1S/C15H24BrNO/c1-3-11-6-5-7-12(10-11)14(17-4-2)13-8-9-18-15(13)16/h8-9,11-12,14,17H,3-7,10H2,1-2H3. The van der Waals surface area contributed by atoms with E-state index in [9.17, 15) is 0 Å². The zero-order valence-electron chi connectivity index (χ0n) is 11.4. The largest absolute Gasteiger partial charge is 0.457 e. The molecule has 0 spiro atoms. The summed E-state index contributed by atoms with van der Waals surface area (Å²) in [6, 6.07) is 2.55. The van der Waals surface area contributed by atoms with Crippen LogP contribution in [0.15, 0.2) is 21.4 Å². The van der Waals surface area contributed by atoms with Gasteiger partial charge in [0.25, 0.3) is 0 Å². The number of hydrogen-bond acceptors (Lipinski definition) is 2. The normalized spacial score (nSPS) is 26.2. The van der Waals surface area contributed by atoms with Gasteiger partial charge in [-0.2, -0.15) is 0 Å². The topological polar surface area (TPSA) is 25.2 Å². The lowest BCUT2D eigenvalue weighted by molar-refractivity contribution is 0.209. The second-order valence-corrected chi connectivity index (χ2v) is 6.11. The van der Waals surface area contributed by atoms with Crippen molar-refractivity contribution in [2.24, 2.45) is 11.8 Å². The van der Waals surface area contributed by atoms with E-state index in [-0.39, 0.29) is 0 Å². The molecule has 1 aromatic rings. The van der Waals surface area contributed by atoms with E-state index in [1.54, 1.807) is 6.26 Å². The molecule has 0 radical (unpaired) electrons. The van der Waals surface area contributed by atoms with Gasteiger partial charge in [0, 0.05) is 11.6 Å². The molecule has 3 atom stereocenters. The lowest BCUT2D eigenvalue weighted by Gasteiger charge is -2.34. The first-order valence-corrected chi connectivity index (χ1v) is 8.01. The fourth-order valence-corrected chi connectivity index (χ4v) is 3.77. The van der Waals surface area contributed by atoms with Gasteiger partial charge in [0.15, 0.2) is 4.67 Å². The van der Waals surface area contributed by atoms with Gasteiger partial charge in [0.05, 0.1) is 6.26 Å². The predicted octanol–water partition coefficient (Wildman–Crippen LogP) is 4.91. The highest BCUT2D eigenvalue weighted by Crippen LogP contribution is 2.40. The van der Waals surface area contributed by atoms with E-state index < -0.39 is 0 Å². The van der Waals surface area contributed by atoms with Crippen molar-refractivity contribution in [3.63, 3.8) is 0 Å².